The standard InChI is InChI=1S/C19H23Cl2N3O/c20-17-6-5-16(14-18(17)21)25-15-7-12-24(13-8-15)11-3-10-23-19-4-1-2-9-22-19/h1-2,4-6,9,14-15H,3,7-8,10-13H2,(H,22,23). The van der Waals surface area contributed by atoms with Crippen molar-refractivity contribution in [3.63, 3.8) is 0 Å². The number of pyridine rings is 1. The summed E-state index contributed by atoms with van der Waals surface area (Å²) in [7, 11) is 0. The lowest BCUT2D eigenvalue weighted by Crippen LogP contribution is -2.39. The fourth-order valence-electron chi connectivity index (χ4n) is 2.98. The van der Waals surface area contributed by atoms with Gasteiger partial charge in [-0.1, -0.05) is 29.3 Å². The molecule has 1 N–H and O–H groups in total. The summed E-state index contributed by atoms with van der Waals surface area (Å²) in [6, 6.07) is 11.4. The van der Waals surface area contributed by atoms with Crippen molar-refractivity contribution in [3.05, 3.63) is 52.6 Å². The monoisotopic (exact) mass is 379 g/mol. The Bertz CT molecular complexity index is 661. The van der Waals surface area contributed by atoms with E-state index in [-0.39, 0.29) is 6.10 Å². The quantitative estimate of drug-likeness (QED) is 0.705. The first-order chi connectivity index (χ1) is 12.2. The van der Waals surface area contributed by atoms with Crippen molar-refractivity contribution in [1.82, 2.24) is 9.88 Å². The molecule has 1 saturated heterocycles. The molecule has 1 aliphatic rings. The Kier molecular flexibility index (Phi) is 6.79. The molecule has 25 heavy (non-hydrogen) atoms. The SMILES string of the molecule is Clc1ccc(OC2CCN(CCCNc3ccccn3)CC2)cc1Cl. The first-order valence-corrected chi connectivity index (χ1v) is 9.45. The molecule has 1 aromatic heterocycles. The van der Waals surface area contributed by atoms with Crippen LogP contribution in [-0.4, -0.2) is 42.2 Å². The third-order valence-electron chi connectivity index (χ3n) is 4.35. The maximum Gasteiger partial charge on any atom is 0.125 e. The van der Waals surface area contributed by atoms with Crippen LogP contribution in [0.15, 0.2) is 42.6 Å². The van der Waals surface area contributed by atoms with Crippen molar-refractivity contribution in [2.75, 3.05) is 31.5 Å². The zero-order chi connectivity index (χ0) is 17.5. The van der Waals surface area contributed by atoms with E-state index in [4.69, 9.17) is 27.9 Å². The minimum absolute atomic E-state index is 0.250. The molecule has 0 unspecified atom stereocenters. The van der Waals surface area contributed by atoms with E-state index in [2.05, 4.69) is 15.2 Å². The summed E-state index contributed by atoms with van der Waals surface area (Å²) in [5, 5.41) is 4.45. The molecule has 3 rings (SSSR count). The lowest BCUT2D eigenvalue weighted by Gasteiger charge is -2.32. The maximum atomic E-state index is 6.04. The summed E-state index contributed by atoms with van der Waals surface area (Å²) >= 11 is 12.0. The number of nitrogens with one attached hydrogen (secondary N) is 1. The molecule has 0 aliphatic carbocycles. The van der Waals surface area contributed by atoms with Gasteiger partial charge in [-0.3, -0.25) is 0 Å². The van der Waals surface area contributed by atoms with E-state index in [1.807, 2.05) is 24.3 Å². The van der Waals surface area contributed by atoms with Crippen LogP contribution in [0.1, 0.15) is 19.3 Å². The molecule has 6 heteroatoms. The molecule has 0 amide bonds. The van der Waals surface area contributed by atoms with Gasteiger partial charge in [0.15, 0.2) is 0 Å². The van der Waals surface area contributed by atoms with Crippen LogP contribution in [0.5, 0.6) is 5.75 Å². The third kappa shape index (κ3) is 5.77. The Hall–Kier alpha value is -1.49. The number of anilines is 1. The van der Waals surface area contributed by atoms with E-state index in [9.17, 15) is 0 Å². The van der Waals surface area contributed by atoms with E-state index >= 15 is 0 Å². The van der Waals surface area contributed by atoms with Crippen molar-refractivity contribution >= 4 is 29.0 Å². The number of hydrogen-bond acceptors (Lipinski definition) is 4. The second-order valence-corrected chi connectivity index (χ2v) is 7.04. The van der Waals surface area contributed by atoms with Crippen molar-refractivity contribution < 1.29 is 4.74 Å². The molecule has 1 aromatic carbocycles. The molecule has 0 atom stereocenters. The van der Waals surface area contributed by atoms with Gasteiger partial charge in [0.05, 0.1) is 10.0 Å². The number of rotatable bonds is 7. The average Bonchev–Trinajstić information content (AvgIpc) is 2.64. The zero-order valence-corrected chi connectivity index (χ0v) is 15.6. The lowest BCUT2D eigenvalue weighted by atomic mass is 10.1. The molecule has 0 radical (unpaired) electrons. The van der Waals surface area contributed by atoms with Crippen molar-refractivity contribution in [1.29, 1.82) is 0 Å². The van der Waals surface area contributed by atoms with E-state index < -0.39 is 0 Å². The highest BCUT2D eigenvalue weighted by Gasteiger charge is 2.20. The molecule has 0 saturated carbocycles. The van der Waals surface area contributed by atoms with Gasteiger partial charge in [-0.15, -0.1) is 0 Å². The number of hydrogen-bond donors (Lipinski definition) is 1. The van der Waals surface area contributed by atoms with Crippen LogP contribution in [0.2, 0.25) is 10.0 Å². The summed E-state index contributed by atoms with van der Waals surface area (Å²) in [5.74, 6) is 1.74. The minimum atomic E-state index is 0.250. The molecule has 4 nitrogen and oxygen atoms in total. The Morgan fingerprint density at radius 1 is 1.12 bits per heavy atom. The zero-order valence-electron chi connectivity index (χ0n) is 14.1. The van der Waals surface area contributed by atoms with Crippen LogP contribution in [0, 0.1) is 0 Å². The maximum absolute atomic E-state index is 6.04. The van der Waals surface area contributed by atoms with Gasteiger partial charge in [-0.2, -0.15) is 0 Å². The number of aromatic nitrogens is 1. The largest absolute Gasteiger partial charge is 0.490 e. The predicted molar refractivity (Wildman–Crippen MR) is 104 cm³/mol. The van der Waals surface area contributed by atoms with Gasteiger partial charge in [0.25, 0.3) is 0 Å². The Labute approximate surface area is 159 Å². The topological polar surface area (TPSA) is 37.4 Å². The molecule has 1 aliphatic heterocycles. The number of benzene rings is 1. The number of ether oxygens (including phenoxy) is 1. The predicted octanol–water partition coefficient (Wildman–Crippen LogP) is 4.73. The molecular formula is C19H23Cl2N3O. The molecule has 0 bridgehead atoms. The van der Waals surface area contributed by atoms with Crippen LogP contribution >= 0.6 is 23.2 Å². The van der Waals surface area contributed by atoms with Crippen LogP contribution < -0.4 is 10.1 Å². The summed E-state index contributed by atoms with van der Waals surface area (Å²) in [6.07, 6.45) is 5.23. The van der Waals surface area contributed by atoms with Gasteiger partial charge >= 0.3 is 0 Å². The Morgan fingerprint density at radius 3 is 2.68 bits per heavy atom. The van der Waals surface area contributed by atoms with Gasteiger partial charge < -0.3 is 15.0 Å². The Balaban J connectivity index is 1.33. The normalized spacial score (nSPS) is 15.9. The second kappa shape index (κ2) is 9.27. The lowest BCUT2D eigenvalue weighted by molar-refractivity contribution is 0.100. The average molecular weight is 380 g/mol. The third-order valence-corrected chi connectivity index (χ3v) is 5.09. The molecule has 2 heterocycles. The van der Waals surface area contributed by atoms with Crippen LogP contribution in [-0.2, 0) is 0 Å². The number of halogens is 2. The van der Waals surface area contributed by atoms with Crippen LogP contribution in [0.4, 0.5) is 5.82 Å². The highest BCUT2D eigenvalue weighted by atomic mass is 35.5. The second-order valence-electron chi connectivity index (χ2n) is 6.23. The first kappa shape index (κ1) is 18.3. The molecule has 2 aromatic rings. The van der Waals surface area contributed by atoms with Gasteiger partial charge in [0.1, 0.15) is 17.7 Å². The molecule has 1 fully saturated rings. The minimum Gasteiger partial charge on any atom is -0.490 e. The fraction of sp³-hybridized carbons (Fsp3) is 0.421. The number of nitrogens with zero attached hydrogens (tertiary/aromatic N) is 2. The Morgan fingerprint density at radius 2 is 1.96 bits per heavy atom. The van der Waals surface area contributed by atoms with Gasteiger partial charge in [-0.25, -0.2) is 4.98 Å². The van der Waals surface area contributed by atoms with Gasteiger partial charge in [0.2, 0.25) is 0 Å². The highest BCUT2D eigenvalue weighted by molar-refractivity contribution is 6.42. The van der Waals surface area contributed by atoms with E-state index in [0.717, 1.165) is 57.0 Å². The smallest absolute Gasteiger partial charge is 0.125 e. The van der Waals surface area contributed by atoms with Crippen molar-refractivity contribution in [3.8, 4) is 5.75 Å². The summed E-state index contributed by atoms with van der Waals surface area (Å²) in [6.45, 7) is 4.17. The number of piperidine rings is 1. The molecular weight excluding hydrogens is 357 g/mol. The number of likely N-dealkylation sites (tertiary alicyclic amines) is 1. The molecule has 134 valence electrons. The van der Waals surface area contributed by atoms with Crippen molar-refractivity contribution in [2.45, 2.75) is 25.4 Å². The molecule has 0 spiro atoms. The van der Waals surface area contributed by atoms with Crippen molar-refractivity contribution in [2.24, 2.45) is 0 Å². The van der Waals surface area contributed by atoms with E-state index in [0.29, 0.717) is 10.0 Å². The highest BCUT2D eigenvalue weighted by Crippen LogP contribution is 2.28. The fourth-order valence-corrected chi connectivity index (χ4v) is 3.27. The summed E-state index contributed by atoms with van der Waals surface area (Å²) < 4.78 is 6.03. The van der Waals surface area contributed by atoms with Crippen LogP contribution in [0.3, 0.4) is 0 Å². The van der Waals surface area contributed by atoms with Gasteiger partial charge in [-0.05, 0) is 50.1 Å². The van der Waals surface area contributed by atoms with E-state index in [1.54, 1.807) is 18.3 Å². The summed E-state index contributed by atoms with van der Waals surface area (Å²) in [5.41, 5.74) is 0. The van der Waals surface area contributed by atoms with E-state index in [1.165, 1.54) is 0 Å². The first-order valence-electron chi connectivity index (χ1n) is 8.70. The van der Waals surface area contributed by atoms with Crippen LogP contribution in [0.25, 0.3) is 0 Å². The van der Waals surface area contributed by atoms with Gasteiger partial charge in [0, 0.05) is 31.9 Å². The summed E-state index contributed by atoms with van der Waals surface area (Å²) in [4.78, 5) is 6.76.